The highest BCUT2D eigenvalue weighted by molar-refractivity contribution is 8.16. The normalized spacial score (nSPS) is 17.3. The molecular formula is C32H34N2O7S. The van der Waals surface area contributed by atoms with E-state index in [9.17, 15) is 19.2 Å². The smallest absolute Gasteiger partial charge is 0.333 e. The summed E-state index contributed by atoms with van der Waals surface area (Å²) in [6.45, 7) is 7.63. The Bertz CT molecular complexity index is 1420. The van der Waals surface area contributed by atoms with Gasteiger partial charge in [-0.15, -0.1) is 0 Å². The van der Waals surface area contributed by atoms with E-state index >= 15 is 0 Å². The van der Waals surface area contributed by atoms with Gasteiger partial charge < -0.3 is 14.2 Å². The summed E-state index contributed by atoms with van der Waals surface area (Å²) in [6.07, 6.45) is 1.86. The lowest BCUT2D eigenvalue weighted by Gasteiger charge is -2.22. The molecule has 0 bridgehead atoms. The number of rotatable bonds is 11. The molecule has 2 aromatic carbocycles. The number of amides is 2. The molecule has 1 aromatic heterocycles. The van der Waals surface area contributed by atoms with Crippen molar-refractivity contribution in [2.75, 3.05) is 6.61 Å². The van der Waals surface area contributed by atoms with Crippen LogP contribution in [0.25, 0.3) is 0 Å². The van der Waals surface area contributed by atoms with E-state index in [0.29, 0.717) is 36.1 Å². The largest absolute Gasteiger partial charge is 0.493 e. The maximum Gasteiger partial charge on any atom is 0.333 e. The van der Waals surface area contributed by atoms with Crippen LogP contribution in [-0.4, -0.2) is 39.4 Å². The molecule has 10 heteroatoms. The van der Waals surface area contributed by atoms with Gasteiger partial charge in [0.2, 0.25) is 4.75 Å². The van der Waals surface area contributed by atoms with Crippen LogP contribution >= 0.6 is 11.8 Å². The molecule has 4 rings (SSSR count). The zero-order valence-corrected chi connectivity index (χ0v) is 24.9. The van der Waals surface area contributed by atoms with Gasteiger partial charge in [0.1, 0.15) is 18.5 Å². The lowest BCUT2D eigenvalue weighted by Crippen LogP contribution is -2.46. The summed E-state index contributed by atoms with van der Waals surface area (Å²) < 4.78 is 15.1. The van der Waals surface area contributed by atoms with E-state index in [4.69, 9.17) is 14.2 Å². The van der Waals surface area contributed by atoms with Gasteiger partial charge in [0, 0.05) is 30.3 Å². The first-order valence-corrected chi connectivity index (χ1v) is 14.4. The Balaban J connectivity index is 1.31. The van der Waals surface area contributed by atoms with Crippen molar-refractivity contribution >= 4 is 34.8 Å². The number of benzene rings is 2. The number of nitrogens with one attached hydrogen (secondary N) is 1. The molecule has 42 heavy (non-hydrogen) atoms. The van der Waals surface area contributed by atoms with Crippen molar-refractivity contribution in [1.29, 1.82) is 0 Å². The number of pyridine rings is 1. The summed E-state index contributed by atoms with van der Waals surface area (Å²) >= 11 is 0.644. The van der Waals surface area contributed by atoms with E-state index in [1.165, 1.54) is 0 Å². The van der Waals surface area contributed by atoms with Gasteiger partial charge in [0.25, 0.3) is 11.1 Å². The molecular weight excluding hydrogens is 556 g/mol. The number of nitrogens with zero attached hydrogens (tertiary/aromatic N) is 1. The topological polar surface area (TPSA) is 121 Å². The van der Waals surface area contributed by atoms with Gasteiger partial charge in [-0.1, -0.05) is 48.5 Å². The fraction of sp³-hybridized carbons (Fsp3) is 0.344. The van der Waals surface area contributed by atoms with Crippen LogP contribution in [0.1, 0.15) is 56.2 Å². The van der Waals surface area contributed by atoms with Gasteiger partial charge in [-0.25, -0.2) is 4.79 Å². The summed E-state index contributed by atoms with van der Waals surface area (Å²) in [6, 6.07) is 19.9. The average Bonchev–Trinajstić information content (AvgIpc) is 3.26. The number of hydrogen-bond acceptors (Lipinski definition) is 9. The summed E-state index contributed by atoms with van der Waals surface area (Å²) in [5.74, 6) is -1.11. The molecule has 0 radical (unpaired) electrons. The highest BCUT2D eigenvalue weighted by Gasteiger charge is 2.55. The summed E-state index contributed by atoms with van der Waals surface area (Å²) in [5.41, 5.74) is 2.52. The second kappa shape index (κ2) is 13.2. The summed E-state index contributed by atoms with van der Waals surface area (Å²) in [4.78, 5) is 54.5. The standard InChI is InChI=1S/C32H34N2O7S/c1-21(41-28(36)31(2,3)4)24-12-13-25(33-19-24)16-17-39-26-14-10-22(11-15-26)18-32(27(35)34-30(38)42-32)29(37)40-20-23-8-6-5-7-9-23/h5-15,19,21H,16-18,20H2,1-4H3,(H,34,35,38)/t21-,32?/m1/s1. The molecule has 1 saturated heterocycles. The van der Waals surface area contributed by atoms with E-state index in [2.05, 4.69) is 10.3 Å². The molecule has 0 spiro atoms. The number of esters is 2. The number of hydrogen-bond donors (Lipinski definition) is 1. The van der Waals surface area contributed by atoms with E-state index < -0.39 is 33.4 Å². The third-order valence-corrected chi connectivity index (χ3v) is 7.74. The van der Waals surface area contributed by atoms with Crippen molar-refractivity contribution in [3.05, 3.63) is 95.3 Å². The number of carbonyl (C=O) groups is 4. The first-order chi connectivity index (χ1) is 20.0. The third kappa shape index (κ3) is 7.76. The van der Waals surface area contributed by atoms with Gasteiger partial charge in [0.15, 0.2) is 0 Å². The Labute approximate surface area is 249 Å². The molecule has 2 amide bonds. The molecule has 1 fully saturated rings. The van der Waals surface area contributed by atoms with Crippen molar-refractivity contribution in [3.63, 3.8) is 0 Å². The quantitative estimate of drug-likeness (QED) is 0.232. The van der Waals surface area contributed by atoms with Crippen molar-refractivity contribution in [1.82, 2.24) is 10.3 Å². The highest BCUT2D eigenvalue weighted by Crippen LogP contribution is 2.37. The van der Waals surface area contributed by atoms with Gasteiger partial charge in [-0.2, -0.15) is 0 Å². The van der Waals surface area contributed by atoms with E-state index in [-0.39, 0.29) is 19.0 Å². The number of thioether (sulfide) groups is 1. The van der Waals surface area contributed by atoms with E-state index in [1.54, 1.807) is 30.5 Å². The number of carbonyl (C=O) groups excluding carboxylic acids is 4. The fourth-order valence-corrected chi connectivity index (χ4v) is 5.07. The molecule has 2 heterocycles. The first-order valence-electron chi connectivity index (χ1n) is 13.6. The van der Waals surface area contributed by atoms with Crippen LogP contribution in [0.2, 0.25) is 0 Å². The van der Waals surface area contributed by atoms with Crippen molar-refractivity contribution in [2.24, 2.45) is 5.41 Å². The SMILES string of the molecule is C[C@@H](OC(=O)C(C)(C)C)c1ccc(CCOc2ccc(CC3(C(=O)OCc4ccccc4)SC(=O)NC3=O)cc2)nc1. The van der Waals surface area contributed by atoms with Gasteiger partial charge in [-0.3, -0.25) is 24.7 Å². The second-order valence-electron chi connectivity index (χ2n) is 11.0. The predicted octanol–water partition coefficient (Wildman–Crippen LogP) is 5.36. The average molecular weight is 591 g/mol. The van der Waals surface area contributed by atoms with Crippen molar-refractivity contribution < 1.29 is 33.4 Å². The van der Waals surface area contributed by atoms with Crippen molar-refractivity contribution in [3.8, 4) is 5.75 Å². The van der Waals surface area contributed by atoms with Crippen LogP contribution in [0.15, 0.2) is 72.9 Å². The second-order valence-corrected chi connectivity index (χ2v) is 12.3. The minimum absolute atomic E-state index is 0.00248. The van der Waals surface area contributed by atoms with Crippen LogP contribution in [0.4, 0.5) is 4.79 Å². The zero-order chi connectivity index (χ0) is 30.3. The Morgan fingerprint density at radius 2 is 1.69 bits per heavy atom. The number of imide groups is 1. The Hall–Kier alpha value is -4.18. The first kappa shape index (κ1) is 30.8. The zero-order valence-electron chi connectivity index (χ0n) is 24.0. The van der Waals surface area contributed by atoms with E-state index in [1.807, 2.05) is 70.2 Å². The third-order valence-electron chi connectivity index (χ3n) is 6.61. The van der Waals surface area contributed by atoms with Crippen LogP contribution < -0.4 is 10.1 Å². The lowest BCUT2D eigenvalue weighted by atomic mass is 9.97. The summed E-state index contributed by atoms with van der Waals surface area (Å²) in [5, 5.41) is 1.63. The molecule has 1 aliphatic rings. The molecule has 1 unspecified atom stereocenters. The monoisotopic (exact) mass is 590 g/mol. The molecule has 1 N–H and O–H groups in total. The predicted molar refractivity (Wildman–Crippen MR) is 158 cm³/mol. The minimum Gasteiger partial charge on any atom is -0.493 e. The molecule has 9 nitrogen and oxygen atoms in total. The van der Waals surface area contributed by atoms with E-state index in [0.717, 1.165) is 16.8 Å². The fourth-order valence-electron chi connectivity index (χ4n) is 4.08. The van der Waals surface area contributed by atoms with Crippen molar-refractivity contribution in [2.45, 2.75) is 58.0 Å². The van der Waals surface area contributed by atoms with Crippen LogP contribution in [0, 0.1) is 5.41 Å². The molecule has 2 atom stereocenters. The van der Waals surface area contributed by atoms with Crippen LogP contribution in [-0.2, 0) is 43.3 Å². The van der Waals surface area contributed by atoms with Crippen LogP contribution in [0.5, 0.6) is 5.75 Å². The molecule has 0 saturated carbocycles. The van der Waals surface area contributed by atoms with Gasteiger partial charge >= 0.3 is 11.9 Å². The molecule has 3 aromatic rings. The number of ether oxygens (including phenoxy) is 3. The Morgan fingerprint density at radius 1 is 0.976 bits per heavy atom. The Morgan fingerprint density at radius 3 is 2.29 bits per heavy atom. The summed E-state index contributed by atoms with van der Waals surface area (Å²) in [7, 11) is 0. The molecule has 1 aliphatic heterocycles. The van der Waals surface area contributed by atoms with Gasteiger partial charge in [-0.05, 0) is 68.8 Å². The highest BCUT2D eigenvalue weighted by atomic mass is 32.2. The van der Waals surface area contributed by atoms with Gasteiger partial charge in [0.05, 0.1) is 12.0 Å². The Kier molecular flexibility index (Phi) is 9.67. The molecule has 0 aliphatic carbocycles. The maximum absolute atomic E-state index is 13.1. The molecule has 220 valence electrons. The number of aromatic nitrogens is 1. The minimum atomic E-state index is -1.70. The van der Waals surface area contributed by atoms with Crippen LogP contribution in [0.3, 0.4) is 0 Å². The maximum atomic E-state index is 13.1. The lowest BCUT2D eigenvalue weighted by molar-refractivity contribution is -0.158.